The van der Waals surface area contributed by atoms with Gasteiger partial charge in [0.25, 0.3) is 0 Å². The highest BCUT2D eigenvalue weighted by molar-refractivity contribution is 9.10. The first-order valence-electron chi connectivity index (χ1n) is 4.14. The summed E-state index contributed by atoms with van der Waals surface area (Å²) in [4.78, 5) is 4.32. The molecule has 3 heteroatoms. The van der Waals surface area contributed by atoms with Crippen molar-refractivity contribution >= 4 is 15.9 Å². The van der Waals surface area contributed by atoms with Gasteiger partial charge in [-0.3, -0.25) is 0 Å². The molecule has 0 aliphatic heterocycles. The molecule has 0 aromatic carbocycles. The second-order valence-corrected chi connectivity index (χ2v) is 3.51. The van der Waals surface area contributed by atoms with E-state index < -0.39 is 0 Å². The first kappa shape index (κ1) is 9.68. The summed E-state index contributed by atoms with van der Waals surface area (Å²) < 4.78 is 0.910. The van der Waals surface area contributed by atoms with Crippen LogP contribution in [0.5, 0.6) is 0 Å². The molecule has 0 atom stereocenters. The minimum absolute atomic E-state index is 0.772. The van der Waals surface area contributed by atoms with Crippen molar-refractivity contribution in [1.82, 2.24) is 4.98 Å². The molecule has 1 heterocycles. The Morgan fingerprint density at radius 1 is 1.33 bits per heavy atom. The molecule has 1 aromatic rings. The van der Waals surface area contributed by atoms with E-state index in [0.717, 1.165) is 36.1 Å². The molecule has 0 spiro atoms. The highest BCUT2D eigenvalue weighted by Gasteiger charge is 1.94. The minimum Gasteiger partial charge on any atom is -0.330 e. The molecule has 1 rings (SSSR count). The normalized spacial score (nSPS) is 10.2. The van der Waals surface area contributed by atoms with Gasteiger partial charge in [-0.15, -0.1) is 0 Å². The smallest absolute Gasteiger partial charge is 0.106 e. The number of nitrogens with two attached hydrogens (primary N) is 1. The first-order chi connectivity index (χ1) is 5.83. The number of hydrogen-bond acceptors (Lipinski definition) is 2. The fourth-order valence-corrected chi connectivity index (χ4v) is 1.42. The minimum atomic E-state index is 0.772. The molecule has 0 saturated carbocycles. The summed E-state index contributed by atoms with van der Waals surface area (Å²) in [5.41, 5.74) is 6.53. The van der Waals surface area contributed by atoms with Gasteiger partial charge in [-0.25, -0.2) is 4.98 Å². The van der Waals surface area contributed by atoms with Crippen molar-refractivity contribution in [3.05, 3.63) is 28.5 Å². The van der Waals surface area contributed by atoms with E-state index in [4.69, 9.17) is 5.73 Å². The summed E-state index contributed by atoms with van der Waals surface area (Å²) >= 11 is 3.34. The molecule has 0 aliphatic carbocycles. The lowest BCUT2D eigenvalue weighted by molar-refractivity contribution is 0.731. The van der Waals surface area contributed by atoms with E-state index in [-0.39, 0.29) is 0 Å². The fraction of sp³-hybridized carbons (Fsp3) is 0.444. The summed E-state index contributed by atoms with van der Waals surface area (Å²) in [5.74, 6) is 0. The Kier molecular flexibility index (Phi) is 4.25. The monoisotopic (exact) mass is 228 g/mol. The number of pyridine rings is 1. The van der Waals surface area contributed by atoms with Crippen molar-refractivity contribution in [3.63, 3.8) is 0 Å². The Morgan fingerprint density at radius 3 is 2.83 bits per heavy atom. The third-order valence-electron chi connectivity index (χ3n) is 1.66. The maximum absolute atomic E-state index is 5.39. The molecule has 0 amide bonds. The molecule has 0 bridgehead atoms. The average Bonchev–Trinajstić information content (AvgIpc) is 2.05. The number of hydrogen-bond donors (Lipinski definition) is 1. The summed E-state index contributed by atoms with van der Waals surface area (Å²) in [6.45, 7) is 0.772. The van der Waals surface area contributed by atoms with E-state index in [1.807, 2.05) is 18.2 Å². The Morgan fingerprint density at radius 2 is 2.17 bits per heavy atom. The second-order valence-electron chi connectivity index (χ2n) is 2.70. The fourth-order valence-electron chi connectivity index (χ4n) is 1.04. The Labute approximate surface area is 81.3 Å². The van der Waals surface area contributed by atoms with E-state index in [1.165, 1.54) is 0 Å². The summed E-state index contributed by atoms with van der Waals surface area (Å²) in [7, 11) is 0. The molecular weight excluding hydrogens is 216 g/mol. The van der Waals surface area contributed by atoms with Crippen molar-refractivity contribution < 1.29 is 0 Å². The van der Waals surface area contributed by atoms with Gasteiger partial charge in [-0.1, -0.05) is 6.07 Å². The second kappa shape index (κ2) is 5.27. The van der Waals surface area contributed by atoms with Gasteiger partial charge in [0.05, 0.1) is 0 Å². The molecule has 2 N–H and O–H groups in total. The van der Waals surface area contributed by atoms with E-state index >= 15 is 0 Å². The van der Waals surface area contributed by atoms with Gasteiger partial charge in [0, 0.05) is 5.69 Å². The topological polar surface area (TPSA) is 38.9 Å². The SMILES string of the molecule is NCCCCc1cccc(Br)n1. The Bertz CT molecular complexity index is 238. The van der Waals surface area contributed by atoms with Crippen molar-refractivity contribution in [2.75, 3.05) is 6.54 Å². The van der Waals surface area contributed by atoms with Crippen molar-refractivity contribution in [1.29, 1.82) is 0 Å². The van der Waals surface area contributed by atoms with Gasteiger partial charge in [0.2, 0.25) is 0 Å². The zero-order valence-electron chi connectivity index (χ0n) is 6.96. The van der Waals surface area contributed by atoms with Crippen LogP contribution in [-0.4, -0.2) is 11.5 Å². The number of halogens is 1. The van der Waals surface area contributed by atoms with Crippen molar-refractivity contribution in [2.24, 2.45) is 5.73 Å². The molecule has 66 valence electrons. The van der Waals surface area contributed by atoms with Gasteiger partial charge in [0.15, 0.2) is 0 Å². The molecule has 0 fully saturated rings. The third-order valence-corrected chi connectivity index (χ3v) is 2.10. The van der Waals surface area contributed by atoms with Gasteiger partial charge in [-0.05, 0) is 53.9 Å². The van der Waals surface area contributed by atoms with E-state index in [1.54, 1.807) is 0 Å². The highest BCUT2D eigenvalue weighted by atomic mass is 79.9. The molecule has 0 aliphatic rings. The zero-order chi connectivity index (χ0) is 8.81. The zero-order valence-corrected chi connectivity index (χ0v) is 8.55. The van der Waals surface area contributed by atoms with Gasteiger partial charge >= 0.3 is 0 Å². The largest absolute Gasteiger partial charge is 0.330 e. The number of unbranched alkanes of at least 4 members (excludes halogenated alkanes) is 1. The summed E-state index contributed by atoms with van der Waals surface area (Å²) in [6.07, 6.45) is 3.23. The molecule has 1 aromatic heterocycles. The van der Waals surface area contributed by atoms with Gasteiger partial charge < -0.3 is 5.73 Å². The van der Waals surface area contributed by atoms with Crippen LogP contribution in [0.25, 0.3) is 0 Å². The molecule has 12 heavy (non-hydrogen) atoms. The predicted molar refractivity (Wildman–Crippen MR) is 53.9 cm³/mol. The maximum atomic E-state index is 5.39. The van der Waals surface area contributed by atoms with Crippen LogP contribution in [0.1, 0.15) is 18.5 Å². The Hall–Kier alpha value is -0.410. The summed E-state index contributed by atoms with van der Waals surface area (Å²) in [6, 6.07) is 5.99. The standard InChI is InChI=1S/C9H13BrN2/c10-9-6-3-5-8(12-9)4-1-2-7-11/h3,5-6H,1-2,4,7,11H2. The van der Waals surface area contributed by atoms with E-state index in [0.29, 0.717) is 0 Å². The Balaban J connectivity index is 2.41. The number of rotatable bonds is 4. The maximum Gasteiger partial charge on any atom is 0.106 e. The van der Waals surface area contributed by atoms with Crippen LogP contribution in [0.4, 0.5) is 0 Å². The third kappa shape index (κ3) is 3.32. The lowest BCUT2D eigenvalue weighted by Gasteiger charge is -1.99. The molecule has 0 radical (unpaired) electrons. The number of aryl methyl sites for hydroxylation is 1. The van der Waals surface area contributed by atoms with E-state index in [2.05, 4.69) is 20.9 Å². The average molecular weight is 229 g/mol. The lowest BCUT2D eigenvalue weighted by Crippen LogP contribution is -1.99. The lowest BCUT2D eigenvalue weighted by atomic mass is 10.2. The van der Waals surface area contributed by atoms with Crippen molar-refractivity contribution in [3.8, 4) is 0 Å². The molecule has 2 nitrogen and oxygen atoms in total. The van der Waals surface area contributed by atoms with Crippen LogP contribution >= 0.6 is 15.9 Å². The van der Waals surface area contributed by atoms with Crippen LogP contribution < -0.4 is 5.73 Å². The molecule has 0 unspecified atom stereocenters. The van der Waals surface area contributed by atoms with E-state index in [9.17, 15) is 0 Å². The van der Waals surface area contributed by atoms with Crippen molar-refractivity contribution in [2.45, 2.75) is 19.3 Å². The molecule has 0 saturated heterocycles. The summed E-state index contributed by atoms with van der Waals surface area (Å²) in [5, 5.41) is 0. The number of nitrogens with zero attached hydrogens (tertiary/aromatic N) is 1. The highest BCUT2D eigenvalue weighted by Crippen LogP contribution is 2.08. The number of aromatic nitrogens is 1. The van der Waals surface area contributed by atoms with Gasteiger partial charge in [0.1, 0.15) is 4.60 Å². The first-order valence-corrected chi connectivity index (χ1v) is 4.94. The van der Waals surface area contributed by atoms with Crippen LogP contribution in [-0.2, 0) is 6.42 Å². The predicted octanol–water partition coefficient (Wildman–Crippen LogP) is 2.13. The van der Waals surface area contributed by atoms with Crippen LogP contribution in [0.2, 0.25) is 0 Å². The van der Waals surface area contributed by atoms with Crippen LogP contribution in [0, 0.1) is 0 Å². The molecular formula is C9H13BrN2. The van der Waals surface area contributed by atoms with Crippen LogP contribution in [0.3, 0.4) is 0 Å². The quantitative estimate of drug-likeness (QED) is 0.634. The van der Waals surface area contributed by atoms with Crippen LogP contribution in [0.15, 0.2) is 22.8 Å². The van der Waals surface area contributed by atoms with Gasteiger partial charge in [-0.2, -0.15) is 0 Å².